The minimum Gasteiger partial charge on any atom is -0.487 e. The molecule has 0 saturated heterocycles. The van der Waals surface area contributed by atoms with Gasteiger partial charge >= 0.3 is 0 Å². The van der Waals surface area contributed by atoms with Gasteiger partial charge in [0.25, 0.3) is 0 Å². The second-order valence-corrected chi connectivity index (χ2v) is 9.56. The number of ketones is 1. The van der Waals surface area contributed by atoms with Gasteiger partial charge in [-0.25, -0.2) is 4.98 Å². The molecule has 0 fully saturated rings. The van der Waals surface area contributed by atoms with Crippen molar-refractivity contribution in [3.05, 3.63) is 102 Å². The van der Waals surface area contributed by atoms with Gasteiger partial charge in [0.05, 0.1) is 22.6 Å². The van der Waals surface area contributed by atoms with Gasteiger partial charge in [-0.1, -0.05) is 37.4 Å². The van der Waals surface area contributed by atoms with E-state index >= 15 is 0 Å². The van der Waals surface area contributed by atoms with Crippen LogP contribution in [-0.4, -0.2) is 28.2 Å². The maximum atomic E-state index is 13.3. The van der Waals surface area contributed by atoms with Gasteiger partial charge in [0.15, 0.2) is 5.60 Å². The van der Waals surface area contributed by atoms with Gasteiger partial charge in [-0.3, -0.25) is 19.3 Å². The Bertz CT molecular complexity index is 1480. The van der Waals surface area contributed by atoms with E-state index in [1.54, 1.807) is 62.4 Å². The van der Waals surface area contributed by atoms with Crippen LogP contribution in [0.5, 0.6) is 5.75 Å². The van der Waals surface area contributed by atoms with E-state index in [-0.39, 0.29) is 24.2 Å². The van der Waals surface area contributed by atoms with Crippen LogP contribution in [0.25, 0.3) is 23.5 Å². The minimum absolute atomic E-state index is 0.146. The fourth-order valence-corrected chi connectivity index (χ4v) is 4.39. The number of anilines is 1. The number of aromatic nitrogens is 1. The van der Waals surface area contributed by atoms with Crippen molar-refractivity contribution in [3.8, 4) is 5.75 Å². The zero-order valence-electron chi connectivity index (χ0n) is 22.5. The first-order chi connectivity index (χ1) is 18.6. The van der Waals surface area contributed by atoms with Gasteiger partial charge in [-0.15, -0.1) is 0 Å². The van der Waals surface area contributed by atoms with Crippen LogP contribution in [0.2, 0.25) is 0 Å². The molecule has 3 aromatic rings. The number of hydrogen-bond donors (Lipinski definition) is 0. The summed E-state index contributed by atoms with van der Waals surface area (Å²) in [4.78, 5) is 42.8. The van der Waals surface area contributed by atoms with Crippen molar-refractivity contribution in [2.45, 2.75) is 39.9 Å². The van der Waals surface area contributed by atoms with E-state index in [1.807, 2.05) is 24.3 Å². The Balaban J connectivity index is 1.60. The Morgan fingerprint density at radius 3 is 2.10 bits per heavy atom. The first-order valence-corrected chi connectivity index (χ1v) is 12.4. The Morgan fingerprint density at radius 1 is 0.923 bits per heavy atom. The normalized spacial score (nSPS) is 14.0. The first kappa shape index (κ1) is 27.3. The first-order valence-electron chi connectivity index (χ1n) is 12.4. The summed E-state index contributed by atoms with van der Waals surface area (Å²) >= 11 is 0. The largest absolute Gasteiger partial charge is 0.487 e. The predicted molar refractivity (Wildman–Crippen MR) is 152 cm³/mol. The number of pyridine rings is 1. The van der Waals surface area contributed by atoms with Gasteiger partial charge in [0, 0.05) is 19.4 Å². The molecule has 0 spiro atoms. The number of Topliss-reactive ketones (excluding diaryl/α,β-unsaturated/α-hetero) is 1. The topological polar surface area (TPSA) is 85.8 Å². The highest BCUT2D eigenvalue weighted by Gasteiger charge is 2.42. The lowest BCUT2D eigenvalue weighted by molar-refractivity contribution is -0.125. The third-order valence-corrected chi connectivity index (χ3v) is 6.33. The predicted octanol–water partition coefficient (Wildman–Crippen LogP) is 6.09. The molecule has 39 heavy (non-hydrogen) atoms. The maximum Gasteiger partial charge on any atom is 0.230 e. The second kappa shape index (κ2) is 10.9. The standard InChI is InChI=1S/C32H30N2O5/c1-7-22-9-14-25(33-28(22)8-2)19-38-27-17-12-23(13-18-27)29-30(39-32(5,6)31(29)37)24-10-15-26(16-11-24)34(20(3)35)21(4)36/h7-18H,1-2,19H2,3-6H3. The van der Waals surface area contributed by atoms with E-state index in [2.05, 4.69) is 18.1 Å². The number of amides is 2. The number of hydrogen-bond acceptors (Lipinski definition) is 6. The fourth-order valence-electron chi connectivity index (χ4n) is 4.39. The Kier molecular flexibility index (Phi) is 7.63. The average molecular weight is 523 g/mol. The lowest BCUT2D eigenvalue weighted by Gasteiger charge is -2.19. The molecule has 4 rings (SSSR count). The highest BCUT2D eigenvalue weighted by Crippen LogP contribution is 2.42. The summed E-state index contributed by atoms with van der Waals surface area (Å²) in [6.45, 7) is 14.0. The third kappa shape index (κ3) is 5.57. The van der Waals surface area contributed by atoms with E-state index in [0.717, 1.165) is 21.9 Å². The molecule has 2 amide bonds. The highest BCUT2D eigenvalue weighted by atomic mass is 16.5. The van der Waals surface area contributed by atoms with Gasteiger partial charge in [0.2, 0.25) is 17.6 Å². The number of carbonyl (C=O) groups is 3. The van der Waals surface area contributed by atoms with Crippen molar-refractivity contribution >= 4 is 46.8 Å². The Morgan fingerprint density at radius 2 is 1.54 bits per heavy atom. The number of ether oxygens (including phenoxy) is 2. The van der Waals surface area contributed by atoms with E-state index in [9.17, 15) is 14.4 Å². The quantitative estimate of drug-likeness (QED) is 0.356. The monoisotopic (exact) mass is 522 g/mol. The van der Waals surface area contributed by atoms with Crippen LogP contribution in [0, 0.1) is 0 Å². The average Bonchev–Trinajstić information content (AvgIpc) is 3.16. The summed E-state index contributed by atoms with van der Waals surface area (Å²) in [5.74, 6) is 0.158. The number of nitrogens with zero attached hydrogens (tertiary/aromatic N) is 2. The van der Waals surface area contributed by atoms with E-state index in [1.165, 1.54) is 13.8 Å². The zero-order chi connectivity index (χ0) is 28.3. The number of carbonyl (C=O) groups excluding carboxylic acids is 3. The molecule has 2 aromatic carbocycles. The number of imide groups is 1. The summed E-state index contributed by atoms with van der Waals surface area (Å²) in [6.07, 6.45) is 3.41. The molecule has 2 heterocycles. The van der Waals surface area contributed by atoms with Crippen molar-refractivity contribution < 1.29 is 23.9 Å². The van der Waals surface area contributed by atoms with Crippen molar-refractivity contribution in [1.82, 2.24) is 4.98 Å². The van der Waals surface area contributed by atoms with Crippen molar-refractivity contribution in [2.24, 2.45) is 0 Å². The zero-order valence-corrected chi connectivity index (χ0v) is 22.5. The van der Waals surface area contributed by atoms with Crippen molar-refractivity contribution in [1.29, 1.82) is 0 Å². The highest BCUT2D eigenvalue weighted by molar-refractivity contribution is 6.32. The molecule has 198 valence electrons. The summed E-state index contributed by atoms with van der Waals surface area (Å²) in [5.41, 5.74) is 3.59. The van der Waals surface area contributed by atoms with Crippen molar-refractivity contribution in [3.63, 3.8) is 0 Å². The van der Waals surface area contributed by atoms with E-state index in [0.29, 0.717) is 33.9 Å². The fraction of sp³-hybridized carbons (Fsp3) is 0.188. The molecule has 1 aliphatic heterocycles. The van der Waals surface area contributed by atoms with E-state index in [4.69, 9.17) is 9.47 Å². The molecule has 0 atom stereocenters. The van der Waals surface area contributed by atoms with Gasteiger partial charge in [-0.05, 0) is 73.5 Å². The molecule has 0 bridgehead atoms. The smallest absolute Gasteiger partial charge is 0.230 e. The molecule has 0 unspecified atom stereocenters. The molecule has 0 saturated carbocycles. The van der Waals surface area contributed by atoms with Crippen LogP contribution in [0.4, 0.5) is 5.69 Å². The second-order valence-electron chi connectivity index (χ2n) is 9.56. The van der Waals surface area contributed by atoms with Gasteiger partial charge < -0.3 is 9.47 Å². The SMILES string of the molecule is C=Cc1ccc(COc2ccc(C3=C(c4ccc(N(C(C)=O)C(C)=O)cc4)OC(C)(C)C3=O)cc2)nc1C=C. The molecular formula is C32H30N2O5. The van der Waals surface area contributed by atoms with Crippen LogP contribution in [0.1, 0.15) is 55.8 Å². The summed E-state index contributed by atoms with van der Waals surface area (Å²) in [5, 5.41) is 0. The van der Waals surface area contributed by atoms with Crippen LogP contribution in [0.3, 0.4) is 0 Å². The molecule has 0 N–H and O–H groups in total. The Hall–Kier alpha value is -4.78. The number of rotatable bonds is 8. The van der Waals surface area contributed by atoms with Crippen molar-refractivity contribution in [2.75, 3.05) is 4.90 Å². The minimum atomic E-state index is -1.05. The number of benzene rings is 2. The van der Waals surface area contributed by atoms with Crippen LogP contribution < -0.4 is 9.64 Å². The third-order valence-electron chi connectivity index (χ3n) is 6.33. The molecular weight excluding hydrogens is 492 g/mol. The molecule has 0 aliphatic carbocycles. The van der Waals surface area contributed by atoms with Crippen LogP contribution in [-0.2, 0) is 25.7 Å². The van der Waals surface area contributed by atoms with Gasteiger partial charge in [-0.2, -0.15) is 0 Å². The van der Waals surface area contributed by atoms with Crippen LogP contribution >= 0.6 is 0 Å². The molecule has 7 heteroatoms. The lowest BCUT2D eigenvalue weighted by atomic mass is 9.92. The Labute approximate surface area is 228 Å². The molecule has 0 radical (unpaired) electrons. The van der Waals surface area contributed by atoms with Gasteiger partial charge in [0.1, 0.15) is 18.1 Å². The molecule has 1 aliphatic rings. The molecule has 7 nitrogen and oxygen atoms in total. The maximum absolute atomic E-state index is 13.3. The summed E-state index contributed by atoms with van der Waals surface area (Å²) < 4.78 is 12.0. The summed E-state index contributed by atoms with van der Waals surface area (Å²) in [6, 6.07) is 17.8. The molecule has 1 aromatic heterocycles. The lowest BCUT2D eigenvalue weighted by Crippen LogP contribution is -2.32. The summed E-state index contributed by atoms with van der Waals surface area (Å²) in [7, 11) is 0. The van der Waals surface area contributed by atoms with E-state index < -0.39 is 5.60 Å². The van der Waals surface area contributed by atoms with Crippen LogP contribution in [0.15, 0.2) is 73.8 Å².